The van der Waals surface area contributed by atoms with Crippen LogP contribution in [0.5, 0.6) is 0 Å². The number of aromatic nitrogens is 1. The SMILES string of the molecule is CCCn1c(=O)oc2cc(C(=O)CC3CC3)ccc21. The zero-order valence-corrected chi connectivity index (χ0v) is 11.0. The zero-order valence-electron chi connectivity index (χ0n) is 11.0. The van der Waals surface area contributed by atoms with Gasteiger partial charge in [0.1, 0.15) is 0 Å². The van der Waals surface area contributed by atoms with Gasteiger partial charge >= 0.3 is 5.76 Å². The number of fused-ring (bicyclic) bond motifs is 1. The average molecular weight is 259 g/mol. The fourth-order valence-electron chi connectivity index (χ4n) is 2.38. The molecule has 0 radical (unpaired) electrons. The van der Waals surface area contributed by atoms with E-state index in [-0.39, 0.29) is 11.5 Å². The molecule has 100 valence electrons. The predicted octanol–water partition coefficient (Wildman–Crippen LogP) is 2.99. The van der Waals surface area contributed by atoms with Gasteiger partial charge in [-0.3, -0.25) is 9.36 Å². The molecule has 0 aliphatic heterocycles. The topological polar surface area (TPSA) is 52.2 Å². The minimum absolute atomic E-state index is 0.148. The highest BCUT2D eigenvalue weighted by atomic mass is 16.4. The number of Topliss-reactive ketones (excluding diaryl/α,β-unsaturated/α-hetero) is 1. The van der Waals surface area contributed by atoms with Crippen molar-refractivity contribution in [2.45, 2.75) is 39.2 Å². The normalized spacial score (nSPS) is 15.0. The summed E-state index contributed by atoms with van der Waals surface area (Å²) in [6.07, 6.45) is 3.81. The van der Waals surface area contributed by atoms with E-state index < -0.39 is 0 Å². The highest BCUT2D eigenvalue weighted by Crippen LogP contribution is 2.33. The molecule has 1 aromatic carbocycles. The number of aryl methyl sites for hydroxylation is 1. The first-order valence-electron chi connectivity index (χ1n) is 6.85. The summed E-state index contributed by atoms with van der Waals surface area (Å²) >= 11 is 0. The van der Waals surface area contributed by atoms with Gasteiger partial charge in [0.15, 0.2) is 11.4 Å². The van der Waals surface area contributed by atoms with Crippen LogP contribution in [0.15, 0.2) is 27.4 Å². The Balaban J connectivity index is 1.96. The van der Waals surface area contributed by atoms with E-state index in [9.17, 15) is 9.59 Å². The molecule has 0 unspecified atom stereocenters. The molecule has 0 amide bonds. The van der Waals surface area contributed by atoms with Crippen LogP contribution in [0, 0.1) is 5.92 Å². The minimum Gasteiger partial charge on any atom is -0.408 e. The number of nitrogens with zero attached hydrogens (tertiary/aromatic N) is 1. The second kappa shape index (κ2) is 4.68. The van der Waals surface area contributed by atoms with Gasteiger partial charge in [0, 0.05) is 18.5 Å². The fourth-order valence-corrected chi connectivity index (χ4v) is 2.38. The van der Waals surface area contributed by atoms with E-state index in [1.165, 1.54) is 0 Å². The molecule has 3 rings (SSSR count). The van der Waals surface area contributed by atoms with Gasteiger partial charge in [0.25, 0.3) is 0 Å². The Hall–Kier alpha value is -1.84. The van der Waals surface area contributed by atoms with Crippen LogP contribution in [0.2, 0.25) is 0 Å². The number of benzene rings is 1. The molecule has 0 N–H and O–H groups in total. The molecule has 2 aromatic rings. The number of ketones is 1. The smallest absolute Gasteiger partial charge is 0.408 e. The molecule has 4 heteroatoms. The minimum atomic E-state index is -0.344. The number of carbonyl (C=O) groups excluding carboxylic acids is 1. The van der Waals surface area contributed by atoms with Crippen molar-refractivity contribution in [3.63, 3.8) is 0 Å². The largest absolute Gasteiger partial charge is 0.419 e. The maximum atomic E-state index is 12.0. The maximum absolute atomic E-state index is 12.0. The summed E-state index contributed by atoms with van der Waals surface area (Å²) in [6, 6.07) is 5.32. The predicted molar refractivity (Wildman–Crippen MR) is 72.4 cm³/mol. The molecule has 1 aliphatic rings. The first kappa shape index (κ1) is 12.2. The molecule has 1 heterocycles. The molecular weight excluding hydrogens is 242 g/mol. The van der Waals surface area contributed by atoms with Crippen molar-refractivity contribution in [2.24, 2.45) is 5.92 Å². The van der Waals surface area contributed by atoms with Crippen molar-refractivity contribution in [3.05, 3.63) is 34.3 Å². The van der Waals surface area contributed by atoms with E-state index in [4.69, 9.17) is 4.42 Å². The highest BCUT2D eigenvalue weighted by Gasteiger charge is 2.25. The lowest BCUT2D eigenvalue weighted by atomic mass is 10.1. The summed E-state index contributed by atoms with van der Waals surface area (Å²) in [5.74, 6) is 0.374. The Morgan fingerprint density at radius 2 is 2.21 bits per heavy atom. The fraction of sp³-hybridized carbons (Fsp3) is 0.467. The third-order valence-corrected chi connectivity index (χ3v) is 3.61. The van der Waals surface area contributed by atoms with Crippen LogP contribution in [-0.2, 0) is 6.54 Å². The van der Waals surface area contributed by atoms with Gasteiger partial charge in [0.2, 0.25) is 0 Å². The van der Waals surface area contributed by atoms with Crippen molar-refractivity contribution in [1.29, 1.82) is 0 Å². The molecule has 1 aromatic heterocycles. The van der Waals surface area contributed by atoms with Crippen LogP contribution < -0.4 is 5.76 Å². The van der Waals surface area contributed by atoms with E-state index in [2.05, 4.69) is 0 Å². The lowest BCUT2D eigenvalue weighted by Crippen LogP contribution is -2.13. The molecule has 0 spiro atoms. The third kappa shape index (κ3) is 2.35. The van der Waals surface area contributed by atoms with E-state index in [1.54, 1.807) is 16.7 Å². The highest BCUT2D eigenvalue weighted by molar-refractivity contribution is 5.98. The van der Waals surface area contributed by atoms with E-state index in [1.807, 2.05) is 13.0 Å². The van der Waals surface area contributed by atoms with Crippen molar-refractivity contribution < 1.29 is 9.21 Å². The number of rotatable bonds is 5. The summed E-state index contributed by atoms with van der Waals surface area (Å²) in [5.41, 5.74) is 1.94. The Bertz CT molecular complexity index is 676. The third-order valence-electron chi connectivity index (χ3n) is 3.61. The number of hydrogen-bond acceptors (Lipinski definition) is 3. The van der Waals surface area contributed by atoms with Crippen LogP contribution in [0.4, 0.5) is 0 Å². The Morgan fingerprint density at radius 1 is 1.42 bits per heavy atom. The van der Waals surface area contributed by atoms with E-state index in [0.29, 0.717) is 30.0 Å². The quantitative estimate of drug-likeness (QED) is 0.776. The van der Waals surface area contributed by atoms with Crippen molar-refractivity contribution in [2.75, 3.05) is 0 Å². The molecular formula is C15H17NO3. The molecule has 4 nitrogen and oxygen atoms in total. The number of hydrogen-bond donors (Lipinski definition) is 0. The van der Waals surface area contributed by atoms with Gasteiger partial charge < -0.3 is 4.42 Å². The summed E-state index contributed by atoms with van der Waals surface area (Å²) in [6.45, 7) is 2.65. The summed E-state index contributed by atoms with van der Waals surface area (Å²) in [4.78, 5) is 23.7. The van der Waals surface area contributed by atoms with Gasteiger partial charge in [-0.2, -0.15) is 0 Å². The second-order valence-electron chi connectivity index (χ2n) is 5.27. The molecule has 1 aliphatic carbocycles. The molecule has 19 heavy (non-hydrogen) atoms. The van der Waals surface area contributed by atoms with Gasteiger partial charge in [-0.15, -0.1) is 0 Å². The summed E-state index contributed by atoms with van der Waals surface area (Å²) in [5, 5.41) is 0. The molecule has 1 fully saturated rings. The Kier molecular flexibility index (Phi) is 3.01. The van der Waals surface area contributed by atoms with Gasteiger partial charge in [0.05, 0.1) is 5.52 Å². The maximum Gasteiger partial charge on any atom is 0.419 e. The Morgan fingerprint density at radius 3 is 2.89 bits per heavy atom. The van der Waals surface area contributed by atoms with Crippen LogP contribution >= 0.6 is 0 Å². The van der Waals surface area contributed by atoms with Crippen molar-refractivity contribution in [3.8, 4) is 0 Å². The van der Waals surface area contributed by atoms with Gasteiger partial charge in [-0.05, 0) is 43.4 Å². The first-order chi connectivity index (χ1) is 9.19. The molecule has 0 atom stereocenters. The van der Waals surface area contributed by atoms with Crippen LogP contribution in [0.25, 0.3) is 11.1 Å². The lowest BCUT2D eigenvalue weighted by molar-refractivity contribution is 0.0976. The van der Waals surface area contributed by atoms with E-state index >= 15 is 0 Å². The van der Waals surface area contributed by atoms with Gasteiger partial charge in [-0.1, -0.05) is 6.92 Å². The van der Waals surface area contributed by atoms with Crippen LogP contribution in [0.3, 0.4) is 0 Å². The number of oxazole rings is 1. The van der Waals surface area contributed by atoms with Gasteiger partial charge in [-0.25, -0.2) is 4.79 Å². The molecule has 0 saturated heterocycles. The Labute approximate surface area is 111 Å². The summed E-state index contributed by atoms with van der Waals surface area (Å²) < 4.78 is 6.83. The van der Waals surface area contributed by atoms with Crippen LogP contribution in [0.1, 0.15) is 43.0 Å². The van der Waals surface area contributed by atoms with Crippen molar-refractivity contribution >= 4 is 16.9 Å². The second-order valence-corrected chi connectivity index (χ2v) is 5.27. The monoisotopic (exact) mass is 259 g/mol. The summed E-state index contributed by atoms with van der Waals surface area (Å²) in [7, 11) is 0. The van der Waals surface area contributed by atoms with E-state index in [0.717, 1.165) is 24.8 Å². The average Bonchev–Trinajstić information content (AvgIpc) is 3.14. The number of carbonyl (C=O) groups is 1. The lowest BCUT2D eigenvalue weighted by Gasteiger charge is -2.01. The molecule has 1 saturated carbocycles. The first-order valence-corrected chi connectivity index (χ1v) is 6.85. The molecule has 0 bridgehead atoms. The van der Waals surface area contributed by atoms with Crippen molar-refractivity contribution in [1.82, 2.24) is 4.57 Å². The standard InChI is InChI=1S/C15H17NO3/c1-2-7-16-12-6-5-11(9-14(12)19-15(16)18)13(17)8-10-3-4-10/h5-6,9-10H,2-4,7-8H2,1H3. The van der Waals surface area contributed by atoms with Crippen LogP contribution in [-0.4, -0.2) is 10.4 Å². The zero-order chi connectivity index (χ0) is 13.4.